The van der Waals surface area contributed by atoms with Crippen molar-refractivity contribution in [3.8, 4) is 23.1 Å². The number of esters is 1. The molecular weight excluding hydrogens is 344 g/mol. The summed E-state index contributed by atoms with van der Waals surface area (Å²) in [5.74, 6) is 0.854. The van der Waals surface area contributed by atoms with Crippen LogP contribution in [0.3, 0.4) is 0 Å². The molecule has 0 saturated carbocycles. The monoisotopic (exact) mass is 362 g/mol. The predicted octanol–water partition coefficient (Wildman–Crippen LogP) is 4.30. The molecule has 0 radical (unpaired) electrons. The Morgan fingerprint density at radius 3 is 2.59 bits per heavy atom. The highest BCUT2D eigenvalue weighted by Gasteiger charge is 2.15. The molecule has 3 rings (SSSR count). The standard InChI is InChI=1S/C21H18N2O4/c1-15-19(20(23-27-15)16-6-3-2-4-7-16)14-26-18-10-8-17(9-11-18)21(24)25-13-5-12-22/h2-4,6-11H,5,13-14H2,1H3. The van der Waals surface area contributed by atoms with Gasteiger partial charge in [0.05, 0.1) is 23.6 Å². The van der Waals surface area contributed by atoms with Crippen molar-refractivity contribution in [1.29, 1.82) is 5.26 Å². The second-order valence-corrected chi connectivity index (χ2v) is 5.79. The second kappa shape index (κ2) is 8.68. The largest absolute Gasteiger partial charge is 0.489 e. The molecule has 0 atom stereocenters. The van der Waals surface area contributed by atoms with Gasteiger partial charge in [0.1, 0.15) is 30.4 Å². The average Bonchev–Trinajstić information content (AvgIpc) is 3.08. The summed E-state index contributed by atoms with van der Waals surface area (Å²) in [6, 6.07) is 18.3. The van der Waals surface area contributed by atoms with Crippen molar-refractivity contribution in [3.05, 3.63) is 71.5 Å². The Bertz CT molecular complexity index is 941. The van der Waals surface area contributed by atoms with E-state index in [2.05, 4.69) is 5.16 Å². The first-order chi connectivity index (χ1) is 13.2. The quantitative estimate of drug-likeness (QED) is 0.460. The van der Waals surface area contributed by atoms with Crippen molar-refractivity contribution in [3.63, 3.8) is 0 Å². The topological polar surface area (TPSA) is 85.3 Å². The van der Waals surface area contributed by atoms with Crippen LogP contribution in [0.4, 0.5) is 0 Å². The molecule has 0 aliphatic heterocycles. The Kier molecular flexibility index (Phi) is 5.85. The van der Waals surface area contributed by atoms with Crippen molar-refractivity contribution in [2.75, 3.05) is 6.61 Å². The van der Waals surface area contributed by atoms with Gasteiger partial charge in [-0.2, -0.15) is 5.26 Å². The highest BCUT2D eigenvalue weighted by atomic mass is 16.5. The first-order valence-electron chi connectivity index (χ1n) is 8.46. The van der Waals surface area contributed by atoms with Crippen LogP contribution in [0.25, 0.3) is 11.3 Å². The Labute approximate surface area is 156 Å². The van der Waals surface area contributed by atoms with Crippen molar-refractivity contribution < 1.29 is 18.8 Å². The first-order valence-corrected chi connectivity index (χ1v) is 8.46. The number of ether oxygens (including phenoxy) is 2. The minimum atomic E-state index is -0.460. The van der Waals surface area contributed by atoms with Gasteiger partial charge >= 0.3 is 5.97 Å². The van der Waals surface area contributed by atoms with Gasteiger partial charge in [0, 0.05) is 5.56 Å². The Morgan fingerprint density at radius 1 is 1.15 bits per heavy atom. The van der Waals surface area contributed by atoms with Gasteiger partial charge in [-0.1, -0.05) is 35.5 Å². The molecule has 0 spiro atoms. The third-order valence-electron chi connectivity index (χ3n) is 3.95. The molecule has 0 N–H and O–H groups in total. The van der Waals surface area contributed by atoms with E-state index >= 15 is 0 Å². The van der Waals surface area contributed by atoms with Gasteiger partial charge in [-0.05, 0) is 31.2 Å². The molecule has 0 amide bonds. The minimum Gasteiger partial charge on any atom is -0.489 e. The summed E-state index contributed by atoms with van der Waals surface area (Å²) in [6.07, 6.45) is 0.175. The lowest BCUT2D eigenvalue weighted by Crippen LogP contribution is -2.06. The summed E-state index contributed by atoms with van der Waals surface area (Å²) in [6.45, 7) is 2.23. The lowest BCUT2D eigenvalue weighted by molar-refractivity contribution is 0.0513. The highest BCUT2D eigenvalue weighted by Crippen LogP contribution is 2.26. The summed E-state index contributed by atoms with van der Waals surface area (Å²) in [5, 5.41) is 12.6. The molecule has 27 heavy (non-hydrogen) atoms. The molecule has 1 heterocycles. The molecule has 0 unspecified atom stereocenters. The zero-order valence-corrected chi connectivity index (χ0v) is 14.8. The van der Waals surface area contributed by atoms with E-state index in [0.29, 0.717) is 23.7 Å². The molecule has 0 saturated heterocycles. The number of carbonyl (C=O) groups is 1. The summed E-state index contributed by atoms with van der Waals surface area (Å²) < 4.78 is 16.1. The molecule has 0 aliphatic rings. The minimum absolute atomic E-state index is 0.0859. The molecule has 0 aliphatic carbocycles. The van der Waals surface area contributed by atoms with Crippen molar-refractivity contribution in [1.82, 2.24) is 5.16 Å². The van der Waals surface area contributed by atoms with Crippen molar-refractivity contribution in [2.45, 2.75) is 20.0 Å². The molecule has 3 aromatic rings. The van der Waals surface area contributed by atoms with Crippen LogP contribution in [0.5, 0.6) is 5.75 Å². The number of rotatable bonds is 7. The Morgan fingerprint density at radius 2 is 1.89 bits per heavy atom. The van der Waals surface area contributed by atoms with Crippen LogP contribution in [0.1, 0.15) is 28.1 Å². The van der Waals surface area contributed by atoms with Crippen LogP contribution in [0, 0.1) is 18.3 Å². The Hall–Kier alpha value is -3.59. The van der Waals surface area contributed by atoms with Gasteiger partial charge in [-0.25, -0.2) is 4.79 Å². The maximum Gasteiger partial charge on any atom is 0.338 e. The van der Waals surface area contributed by atoms with Crippen LogP contribution in [0.2, 0.25) is 0 Å². The highest BCUT2D eigenvalue weighted by molar-refractivity contribution is 5.89. The number of hydrogen-bond acceptors (Lipinski definition) is 6. The summed E-state index contributed by atoms with van der Waals surface area (Å²) >= 11 is 0. The van der Waals surface area contributed by atoms with Crippen LogP contribution < -0.4 is 4.74 Å². The fourth-order valence-corrected chi connectivity index (χ4v) is 2.50. The first kappa shape index (κ1) is 18.2. The van der Waals surface area contributed by atoms with Gasteiger partial charge in [0.25, 0.3) is 0 Å². The number of aromatic nitrogens is 1. The molecule has 6 nitrogen and oxygen atoms in total. The van der Waals surface area contributed by atoms with E-state index in [1.165, 1.54) is 0 Å². The van der Waals surface area contributed by atoms with Crippen LogP contribution >= 0.6 is 0 Å². The number of carbonyl (C=O) groups excluding carboxylic acids is 1. The van der Waals surface area contributed by atoms with Gasteiger partial charge in [0.15, 0.2) is 0 Å². The number of benzene rings is 2. The molecule has 0 bridgehead atoms. The van der Waals surface area contributed by atoms with E-state index in [9.17, 15) is 4.79 Å². The number of nitriles is 1. The zero-order valence-electron chi connectivity index (χ0n) is 14.8. The van der Waals surface area contributed by atoms with Crippen molar-refractivity contribution >= 4 is 5.97 Å². The maximum atomic E-state index is 11.8. The number of hydrogen-bond donors (Lipinski definition) is 0. The van der Waals surface area contributed by atoms with Gasteiger partial charge in [-0.3, -0.25) is 0 Å². The summed E-state index contributed by atoms with van der Waals surface area (Å²) in [4.78, 5) is 11.8. The third-order valence-corrected chi connectivity index (χ3v) is 3.95. The van der Waals surface area contributed by atoms with E-state index in [4.69, 9.17) is 19.3 Å². The normalized spacial score (nSPS) is 10.2. The fourth-order valence-electron chi connectivity index (χ4n) is 2.50. The van der Waals surface area contributed by atoms with E-state index in [1.807, 2.05) is 43.3 Å². The lowest BCUT2D eigenvalue weighted by Gasteiger charge is -2.08. The number of aryl methyl sites for hydroxylation is 1. The van der Waals surface area contributed by atoms with E-state index in [-0.39, 0.29) is 13.0 Å². The predicted molar refractivity (Wildman–Crippen MR) is 98.0 cm³/mol. The Balaban J connectivity index is 1.65. The SMILES string of the molecule is Cc1onc(-c2ccccc2)c1COc1ccc(C(=O)OCCC#N)cc1. The van der Waals surface area contributed by atoms with Crippen LogP contribution in [-0.4, -0.2) is 17.7 Å². The van der Waals surface area contributed by atoms with Crippen molar-refractivity contribution in [2.24, 2.45) is 0 Å². The average molecular weight is 362 g/mol. The zero-order chi connectivity index (χ0) is 19.1. The fraction of sp³-hybridized carbons (Fsp3) is 0.190. The molecule has 0 fully saturated rings. The smallest absolute Gasteiger partial charge is 0.338 e. The molecule has 6 heteroatoms. The van der Waals surface area contributed by atoms with E-state index in [1.54, 1.807) is 24.3 Å². The summed E-state index contributed by atoms with van der Waals surface area (Å²) in [5.41, 5.74) is 3.00. The van der Waals surface area contributed by atoms with Crippen LogP contribution in [-0.2, 0) is 11.3 Å². The van der Waals surface area contributed by atoms with Gasteiger partial charge < -0.3 is 14.0 Å². The second-order valence-electron chi connectivity index (χ2n) is 5.79. The van der Waals surface area contributed by atoms with Gasteiger partial charge in [-0.15, -0.1) is 0 Å². The lowest BCUT2D eigenvalue weighted by atomic mass is 10.1. The molecule has 1 aromatic heterocycles. The third kappa shape index (κ3) is 4.53. The number of nitrogens with zero attached hydrogens (tertiary/aromatic N) is 2. The summed E-state index contributed by atoms with van der Waals surface area (Å²) in [7, 11) is 0. The van der Waals surface area contributed by atoms with Gasteiger partial charge in [0.2, 0.25) is 0 Å². The maximum absolute atomic E-state index is 11.8. The molecular formula is C21H18N2O4. The van der Waals surface area contributed by atoms with E-state index in [0.717, 1.165) is 16.8 Å². The van der Waals surface area contributed by atoms with E-state index < -0.39 is 5.97 Å². The molecule has 136 valence electrons. The molecule has 2 aromatic carbocycles. The van der Waals surface area contributed by atoms with Crippen LogP contribution in [0.15, 0.2) is 59.1 Å².